The van der Waals surface area contributed by atoms with Gasteiger partial charge in [-0.2, -0.15) is 4.98 Å². The van der Waals surface area contributed by atoms with E-state index in [4.69, 9.17) is 9.26 Å². The third-order valence-electron chi connectivity index (χ3n) is 3.96. The Morgan fingerprint density at radius 2 is 1.96 bits per heavy atom. The van der Waals surface area contributed by atoms with Gasteiger partial charge < -0.3 is 14.6 Å². The van der Waals surface area contributed by atoms with Crippen molar-refractivity contribution in [2.75, 3.05) is 0 Å². The molecule has 0 saturated heterocycles. The normalized spacial score (nSPS) is 11.8. The molecule has 3 rings (SSSR count). The lowest BCUT2D eigenvalue weighted by Crippen LogP contribution is -2.37. The Kier molecular flexibility index (Phi) is 5.80. The minimum Gasteiger partial charge on any atom is -0.478 e. The summed E-state index contributed by atoms with van der Waals surface area (Å²) in [4.78, 5) is 16.6. The molecule has 0 radical (unpaired) electrons. The molecular weight excluding hydrogens is 349 g/mol. The van der Waals surface area contributed by atoms with Crippen LogP contribution in [-0.4, -0.2) is 22.2 Å². The zero-order chi connectivity index (χ0) is 19.2. The molecule has 1 aromatic heterocycles. The number of benzene rings is 2. The monoisotopic (exact) mass is 369 g/mol. The van der Waals surface area contributed by atoms with Crippen molar-refractivity contribution in [1.82, 2.24) is 15.5 Å². The summed E-state index contributed by atoms with van der Waals surface area (Å²) < 4.78 is 24.3. The number of rotatable bonds is 7. The van der Waals surface area contributed by atoms with Gasteiger partial charge in [-0.05, 0) is 25.5 Å². The molecule has 2 aromatic carbocycles. The van der Waals surface area contributed by atoms with E-state index >= 15 is 0 Å². The third kappa shape index (κ3) is 4.69. The van der Waals surface area contributed by atoms with E-state index in [1.807, 2.05) is 31.2 Å². The summed E-state index contributed by atoms with van der Waals surface area (Å²) in [5, 5.41) is 6.60. The molecule has 1 atom stereocenters. The Morgan fingerprint density at radius 3 is 2.67 bits per heavy atom. The second-order valence-electron chi connectivity index (χ2n) is 6.04. The van der Waals surface area contributed by atoms with E-state index in [2.05, 4.69) is 15.5 Å². The zero-order valence-electron chi connectivity index (χ0n) is 15.1. The number of nitrogens with zero attached hydrogens (tertiary/aromatic N) is 2. The van der Waals surface area contributed by atoms with E-state index in [0.29, 0.717) is 12.2 Å². The number of ether oxygens (including phenoxy) is 1. The van der Waals surface area contributed by atoms with Crippen molar-refractivity contribution in [2.45, 2.75) is 32.9 Å². The average molecular weight is 369 g/mol. The van der Waals surface area contributed by atoms with Gasteiger partial charge >= 0.3 is 0 Å². The van der Waals surface area contributed by atoms with Crippen LogP contribution in [-0.2, 0) is 11.3 Å². The molecule has 1 amide bonds. The van der Waals surface area contributed by atoms with Gasteiger partial charge in [-0.3, -0.25) is 4.79 Å². The number of hydrogen-bond donors (Lipinski definition) is 1. The highest BCUT2D eigenvalue weighted by Gasteiger charge is 2.20. The first-order valence-corrected chi connectivity index (χ1v) is 8.65. The smallest absolute Gasteiger partial charge is 0.261 e. The predicted octanol–water partition coefficient (Wildman–Crippen LogP) is 3.66. The molecule has 1 N–H and O–H groups in total. The standard InChI is InChI=1S/C20H20FN3O3/c1-3-16(26-17-7-5-4-6-15(17)21)20(25)22-12-18-23-19(24-27-18)14-10-8-13(2)9-11-14/h4-11,16H,3,12H2,1-2H3,(H,22,25)/t16-/m1/s1. The van der Waals surface area contributed by atoms with Gasteiger partial charge in [0.05, 0.1) is 6.54 Å². The van der Waals surface area contributed by atoms with E-state index in [1.165, 1.54) is 12.1 Å². The summed E-state index contributed by atoms with van der Waals surface area (Å²) in [7, 11) is 0. The maximum absolute atomic E-state index is 13.7. The van der Waals surface area contributed by atoms with Gasteiger partial charge in [-0.15, -0.1) is 0 Å². The van der Waals surface area contributed by atoms with Crippen molar-refractivity contribution in [3.05, 3.63) is 65.8 Å². The summed E-state index contributed by atoms with van der Waals surface area (Å²) in [5.41, 5.74) is 1.96. The Balaban J connectivity index is 1.59. The number of amides is 1. The number of halogens is 1. The number of nitrogens with one attached hydrogen (secondary N) is 1. The summed E-state index contributed by atoms with van der Waals surface area (Å²) >= 11 is 0. The molecule has 3 aromatic rings. The maximum atomic E-state index is 13.7. The molecule has 0 fully saturated rings. The van der Waals surface area contributed by atoms with Crippen molar-refractivity contribution in [1.29, 1.82) is 0 Å². The van der Waals surface area contributed by atoms with Crippen LogP contribution in [0.3, 0.4) is 0 Å². The molecule has 0 unspecified atom stereocenters. The number of carbonyl (C=O) groups excluding carboxylic acids is 1. The van der Waals surface area contributed by atoms with E-state index in [9.17, 15) is 9.18 Å². The summed E-state index contributed by atoms with van der Waals surface area (Å²) in [6.07, 6.45) is -0.431. The molecule has 0 aliphatic carbocycles. The number of carbonyl (C=O) groups is 1. The first kappa shape index (κ1) is 18.6. The molecule has 6 nitrogen and oxygen atoms in total. The molecule has 140 valence electrons. The molecule has 0 aliphatic heterocycles. The minimum absolute atomic E-state index is 0.0407. The molecule has 0 spiro atoms. The lowest BCUT2D eigenvalue weighted by atomic mass is 10.1. The number of aromatic nitrogens is 2. The average Bonchev–Trinajstić information content (AvgIpc) is 3.15. The number of aryl methyl sites for hydroxylation is 1. The fraction of sp³-hybridized carbons (Fsp3) is 0.250. The van der Waals surface area contributed by atoms with Crippen LogP contribution in [0, 0.1) is 12.7 Å². The second kappa shape index (κ2) is 8.44. The van der Waals surface area contributed by atoms with Crippen LogP contribution in [0.5, 0.6) is 5.75 Å². The highest BCUT2D eigenvalue weighted by Crippen LogP contribution is 2.19. The van der Waals surface area contributed by atoms with Crippen LogP contribution < -0.4 is 10.1 Å². The molecule has 0 aliphatic rings. The first-order valence-electron chi connectivity index (χ1n) is 8.65. The molecular formula is C20H20FN3O3. The molecule has 0 bridgehead atoms. The van der Waals surface area contributed by atoms with Gasteiger partial charge in [0.1, 0.15) is 0 Å². The van der Waals surface area contributed by atoms with Crippen molar-refractivity contribution < 1.29 is 18.4 Å². The van der Waals surface area contributed by atoms with Gasteiger partial charge in [0.15, 0.2) is 17.7 Å². The second-order valence-corrected chi connectivity index (χ2v) is 6.04. The maximum Gasteiger partial charge on any atom is 0.261 e. The van der Waals surface area contributed by atoms with Crippen molar-refractivity contribution in [3.63, 3.8) is 0 Å². The number of hydrogen-bond acceptors (Lipinski definition) is 5. The van der Waals surface area contributed by atoms with E-state index in [1.54, 1.807) is 19.1 Å². The van der Waals surface area contributed by atoms with Crippen molar-refractivity contribution in [2.24, 2.45) is 0 Å². The third-order valence-corrected chi connectivity index (χ3v) is 3.96. The SMILES string of the molecule is CC[C@@H](Oc1ccccc1F)C(=O)NCc1nc(-c2ccc(C)cc2)no1. The molecule has 1 heterocycles. The molecule has 27 heavy (non-hydrogen) atoms. The van der Waals surface area contributed by atoms with Gasteiger partial charge in [0, 0.05) is 5.56 Å². The fourth-order valence-electron chi connectivity index (χ4n) is 2.44. The topological polar surface area (TPSA) is 77.2 Å². The predicted molar refractivity (Wildman–Crippen MR) is 97.4 cm³/mol. The van der Waals surface area contributed by atoms with Crippen LogP contribution in [0.4, 0.5) is 4.39 Å². The van der Waals surface area contributed by atoms with Crippen LogP contribution >= 0.6 is 0 Å². The van der Waals surface area contributed by atoms with Crippen molar-refractivity contribution in [3.8, 4) is 17.1 Å². The largest absolute Gasteiger partial charge is 0.478 e. The van der Waals surface area contributed by atoms with Crippen LogP contribution in [0.25, 0.3) is 11.4 Å². The summed E-state index contributed by atoms with van der Waals surface area (Å²) in [6.45, 7) is 3.84. The van der Waals surface area contributed by atoms with Gasteiger partial charge in [0.2, 0.25) is 11.7 Å². The van der Waals surface area contributed by atoms with E-state index in [-0.39, 0.29) is 24.1 Å². The fourth-order valence-corrected chi connectivity index (χ4v) is 2.44. The Morgan fingerprint density at radius 1 is 1.22 bits per heavy atom. The van der Waals surface area contributed by atoms with Gasteiger partial charge in [-0.1, -0.05) is 54.0 Å². The quantitative estimate of drug-likeness (QED) is 0.688. The zero-order valence-corrected chi connectivity index (χ0v) is 15.1. The lowest BCUT2D eigenvalue weighted by molar-refractivity contribution is -0.128. The number of para-hydroxylation sites is 1. The highest BCUT2D eigenvalue weighted by molar-refractivity contribution is 5.81. The highest BCUT2D eigenvalue weighted by atomic mass is 19.1. The van der Waals surface area contributed by atoms with Crippen LogP contribution in [0.1, 0.15) is 24.8 Å². The lowest BCUT2D eigenvalue weighted by Gasteiger charge is -2.17. The summed E-state index contributed by atoms with van der Waals surface area (Å²) in [5.74, 6) is -0.119. The van der Waals surface area contributed by atoms with Crippen molar-refractivity contribution >= 4 is 5.91 Å². The van der Waals surface area contributed by atoms with Gasteiger partial charge in [0.25, 0.3) is 5.91 Å². The Labute approximate surface area is 156 Å². The van der Waals surface area contributed by atoms with Gasteiger partial charge in [-0.25, -0.2) is 4.39 Å². The Hall–Kier alpha value is -3.22. The Bertz CT molecular complexity index is 909. The van der Waals surface area contributed by atoms with Crippen LogP contribution in [0.15, 0.2) is 53.1 Å². The minimum atomic E-state index is -0.818. The van der Waals surface area contributed by atoms with Crippen LogP contribution in [0.2, 0.25) is 0 Å². The van der Waals surface area contributed by atoms with E-state index in [0.717, 1.165) is 11.1 Å². The molecule has 7 heteroatoms. The van der Waals surface area contributed by atoms with E-state index < -0.39 is 11.9 Å². The summed E-state index contributed by atoms with van der Waals surface area (Å²) in [6, 6.07) is 13.7. The molecule has 0 saturated carbocycles. The first-order chi connectivity index (χ1) is 13.1.